The Kier molecular flexibility index (Phi) is 5.73. The molecule has 0 spiro atoms. The van der Waals surface area contributed by atoms with E-state index in [1.165, 1.54) is 0 Å². The van der Waals surface area contributed by atoms with Crippen LogP contribution in [0.2, 0.25) is 0 Å². The lowest BCUT2D eigenvalue weighted by atomic mass is 9.76. The van der Waals surface area contributed by atoms with Gasteiger partial charge in [0.2, 0.25) is 0 Å². The molecule has 1 N–H and O–H groups in total. The highest BCUT2D eigenvalue weighted by Gasteiger charge is 2.39. The van der Waals surface area contributed by atoms with Crippen LogP contribution in [0, 0.1) is 17.3 Å². The van der Waals surface area contributed by atoms with Gasteiger partial charge in [-0.05, 0) is 24.8 Å². The molecule has 0 bridgehead atoms. The highest BCUT2D eigenvalue weighted by molar-refractivity contribution is 4.89. The number of hydrogen-bond acceptors (Lipinski definition) is 3. The van der Waals surface area contributed by atoms with Gasteiger partial charge in [0.05, 0.1) is 6.61 Å². The Morgan fingerprint density at radius 1 is 1.38 bits per heavy atom. The van der Waals surface area contributed by atoms with Crippen LogP contribution in [-0.2, 0) is 9.47 Å². The van der Waals surface area contributed by atoms with Gasteiger partial charge in [-0.1, -0.05) is 20.8 Å². The van der Waals surface area contributed by atoms with Crippen LogP contribution in [0.4, 0.5) is 0 Å². The van der Waals surface area contributed by atoms with Gasteiger partial charge in [0.25, 0.3) is 0 Å². The molecule has 0 aromatic rings. The zero-order chi connectivity index (χ0) is 12.0. The summed E-state index contributed by atoms with van der Waals surface area (Å²) in [5.74, 6) is 1.26. The quantitative estimate of drug-likeness (QED) is 0.723. The van der Waals surface area contributed by atoms with E-state index in [0.717, 1.165) is 39.3 Å². The minimum Gasteiger partial charge on any atom is -0.384 e. The first-order valence-corrected chi connectivity index (χ1v) is 6.38. The average Bonchev–Trinajstić information content (AvgIpc) is 2.67. The van der Waals surface area contributed by atoms with Gasteiger partial charge in [-0.3, -0.25) is 0 Å². The van der Waals surface area contributed by atoms with Crippen molar-refractivity contribution in [3.8, 4) is 0 Å². The Bertz CT molecular complexity index is 188. The van der Waals surface area contributed by atoms with E-state index in [1.807, 2.05) is 0 Å². The van der Waals surface area contributed by atoms with Crippen LogP contribution in [0.15, 0.2) is 0 Å². The molecule has 0 amide bonds. The van der Waals surface area contributed by atoms with E-state index in [1.54, 1.807) is 7.11 Å². The fourth-order valence-electron chi connectivity index (χ4n) is 2.36. The van der Waals surface area contributed by atoms with Crippen molar-refractivity contribution in [3.05, 3.63) is 0 Å². The molecule has 2 atom stereocenters. The maximum atomic E-state index is 5.59. The fourth-order valence-corrected chi connectivity index (χ4v) is 2.36. The molecule has 1 heterocycles. The summed E-state index contributed by atoms with van der Waals surface area (Å²) in [6.45, 7) is 11.5. The molecular weight excluding hydrogens is 202 g/mol. The number of nitrogens with one attached hydrogen (secondary N) is 1. The molecule has 16 heavy (non-hydrogen) atoms. The summed E-state index contributed by atoms with van der Waals surface area (Å²) >= 11 is 0. The lowest BCUT2D eigenvalue weighted by molar-refractivity contribution is 0.0542. The van der Waals surface area contributed by atoms with Gasteiger partial charge in [0, 0.05) is 32.3 Å². The normalized spacial score (nSPS) is 27.6. The predicted molar refractivity (Wildman–Crippen MR) is 66.6 cm³/mol. The maximum absolute atomic E-state index is 5.59. The summed E-state index contributed by atoms with van der Waals surface area (Å²) in [4.78, 5) is 0. The van der Waals surface area contributed by atoms with Crippen LogP contribution in [0.1, 0.15) is 27.2 Å². The summed E-state index contributed by atoms with van der Waals surface area (Å²) in [5, 5.41) is 3.57. The number of rotatable bonds is 7. The highest BCUT2D eigenvalue weighted by atomic mass is 16.5. The third-order valence-electron chi connectivity index (χ3n) is 3.63. The first-order valence-electron chi connectivity index (χ1n) is 6.38. The zero-order valence-corrected chi connectivity index (χ0v) is 11.2. The van der Waals surface area contributed by atoms with Gasteiger partial charge in [-0.25, -0.2) is 0 Å². The van der Waals surface area contributed by atoms with Gasteiger partial charge in [-0.15, -0.1) is 0 Å². The Labute approximate surface area is 99.9 Å². The molecular formula is C13H27NO2. The van der Waals surface area contributed by atoms with E-state index in [4.69, 9.17) is 9.47 Å². The molecule has 1 saturated heterocycles. The maximum Gasteiger partial charge on any atom is 0.0538 e. The first kappa shape index (κ1) is 13.9. The lowest BCUT2D eigenvalue weighted by Gasteiger charge is -2.34. The van der Waals surface area contributed by atoms with Crippen molar-refractivity contribution in [3.63, 3.8) is 0 Å². The number of ether oxygens (including phenoxy) is 2. The van der Waals surface area contributed by atoms with Crippen molar-refractivity contribution in [1.82, 2.24) is 5.32 Å². The molecule has 3 nitrogen and oxygen atoms in total. The molecule has 1 rings (SSSR count). The van der Waals surface area contributed by atoms with Crippen LogP contribution in [0.5, 0.6) is 0 Å². The Morgan fingerprint density at radius 3 is 2.62 bits per heavy atom. The summed E-state index contributed by atoms with van der Waals surface area (Å²) < 4.78 is 10.9. The van der Waals surface area contributed by atoms with E-state index in [2.05, 4.69) is 26.1 Å². The van der Waals surface area contributed by atoms with E-state index in [9.17, 15) is 0 Å². The summed E-state index contributed by atoms with van der Waals surface area (Å²) in [6.07, 6.45) is 1.16. The standard InChI is InChI=1S/C13H27NO2/c1-11(2)7-14-9-13(5-6-16-10-13)12(3)8-15-4/h11-12,14H,5-10H2,1-4H3. The minimum atomic E-state index is 0.283. The summed E-state index contributed by atoms with van der Waals surface area (Å²) in [5.41, 5.74) is 0.283. The fraction of sp³-hybridized carbons (Fsp3) is 1.00. The smallest absolute Gasteiger partial charge is 0.0538 e. The highest BCUT2D eigenvalue weighted by Crippen LogP contribution is 2.36. The van der Waals surface area contributed by atoms with Crippen molar-refractivity contribution >= 4 is 0 Å². The Morgan fingerprint density at radius 2 is 2.12 bits per heavy atom. The van der Waals surface area contributed by atoms with E-state index in [-0.39, 0.29) is 5.41 Å². The average molecular weight is 229 g/mol. The van der Waals surface area contributed by atoms with Gasteiger partial charge in [0.15, 0.2) is 0 Å². The SMILES string of the molecule is COCC(C)C1(CNCC(C)C)CCOC1. The zero-order valence-electron chi connectivity index (χ0n) is 11.2. The molecule has 0 aromatic carbocycles. The molecule has 0 aliphatic carbocycles. The van der Waals surface area contributed by atoms with Crippen molar-refractivity contribution in [2.75, 3.05) is 40.0 Å². The van der Waals surface area contributed by atoms with Gasteiger partial charge in [0.1, 0.15) is 0 Å². The van der Waals surface area contributed by atoms with E-state index in [0.29, 0.717) is 11.8 Å². The molecule has 1 fully saturated rings. The Hall–Kier alpha value is -0.120. The monoisotopic (exact) mass is 229 g/mol. The third-order valence-corrected chi connectivity index (χ3v) is 3.63. The second-order valence-electron chi connectivity index (χ2n) is 5.55. The molecule has 1 aliphatic rings. The van der Waals surface area contributed by atoms with Gasteiger partial charge in [-0.2, -0.15) is 0 Å². The first-order chi connectivity index (χ1) is 7.60. The Balaban J connectivity index is 2.45. The van der Waals surface area contributed by atoms with E-state index >= 15 is 0 Å². The van der Waals surface area contributed by atoms with Crippen LogP contribution in [0.3, 0.4) is 0 Å². The molecule has 3 heteroatoms. The van der Waals surface area contributed by atoms with Crippen LogP contribution < -0.4 is 5.32 Å². The summed E-state index contributed by atoms with van der Waals surface area (Å²) in [7, 11) is 1.78. The second kappa shape index (κ2) is 6.58. The number of hydrogen-bond donors (Lipinski definition) is 1. The minimum absolute atomic E-state index is 0.283. The molecule has 0 radical (unpaired) electrons. The van der Waals surface area contributed by atoms with Crippen molar-refractivity contribution in [2.45, 2.75) is 27.2 Å². The molecule has 96 valence electrons. The molecule has 0 saturated carbocycles. The van der Waals surface area contributed by atoms with E-state index < -0.39 is 0 Å². The van der Waals surface area contributed by atoms with Gasteiger partial charge >= 0.3 is 0 Å². The lowest BCUT2D eigenvalue weighted by Crippen LogP contribution is -2.42. The van der Waals surface area contributed by atoms with Crippen molar-refractivity contribution in [2.24, 2.45) is 17.3 Å². The summed E-state index contributed by atoms with van der Waals surface area (Å²) in [6, 6.07) is 0. The van der Waals surface area contributed by atoms with Crippen LogP contribution in [0.25, 0.3) is 0 Å². The number of methoxy groups -OCH3 is 1. The molecule has 2 unspecified atom stereocenters. The largest absolute Gasteiger partial charge is 0.384 e. The molecule has 1 aliphatic heterocycles. The van der Waals surface area contributed by atoms with Gasteiger partial charge < -0.3 is 14.8 Å². The topological polar surface area (TPSA) is 30.5 Å². The predicted octanol–water partition coefficient (Wildman–Crippen LogP) is 1.92. The van der Waals surface area contributed by atoms with Crippen LogP contribution >= 0.6 is 0 Å². The third kappa shape index (κ3) is 3.72. The molecule has 0 aromatic heterocycles. The van der Waals surface area contributed by atoms with Crippen molar-refractivity contribution in [1.29, 1.82) is 0 Å². The second-order valence-corrected chi connectivity index (χ2v) is 5.55. The van der Waals surface area contributed by atoms with Crippen LogP contribution in [-0.4, -0.2) is 40.0 Å². The van der Waals surface area contributed by atoms with Crippen molar-refractivity contribution < 1.29 is 9.47 Å².